The average Bonchev–Trinajstić information content (AvgIpc) is 3.22. The second-order valence-electron chi connectivity index (χ2n) is 8.45. The van der Waals surface area contributed by atoms with Gasteiger partial charge in [-0.3, -0.25) is 0 Å². The Morgan fingerprint density at radius 1 is 1.00 bits per heavy atom. The van der Waals surface area contributed by atoms with Crippen LogP contribution in [0, 0.1) is 5.92 Å². The molecule has 0 aromatic heterocycles. The van der Waals surface area contributed by atoms with Crippen LogP contribution < -0.4 is 64.4 Å². The van der Waals surface area contributed by atoms with Crippen LogP contribution in [0.4, 0.5) is 0 Å². The fraction of sp³-hybridized carbons (Fsp3) is 0.333. The third kappa shape index (κ3) is 5.80. The van der Waals surface area contributed by atoms with Crippen LogP contribution in [-0.4, -0.2) is 42.2 Å². The van der Waals surface area contributed by atoms with Gasteiger partial charge in [0.2, 0.25) is 0 Å². The van der Waals surface area contributed by atoms with Gasteiger partial charge in [0.25, 0.3) is 0 Å². The number of hydrogen-bond acceptors (Lipinski definition) is 8. The van der Waals surface area contributed by atoms with Gasteiger partial charge in [0.15, 0.2) is 4.08 Å². The summed E-state index contributed by atoms with van der Waals surface area (Å²) >= 11 is 0. The molecule has 12 heteroatoms. The van der Waals surface area contributed by atoms with Gasteiger partial charge in [-0.1, -0.05) is 78.9 Å². The van der Waals surface area contributed by atoms with Crippen LogP contribution in [0.5, 0.6) is 0 Å². The molecule has 0 saturated carbocycles. The maximum absolute atomic E-state index is 12.7. The molecule has 182 valence electrons. The number of allylic oxidation sites excluding steroid dienone is 2. The number of ether oxygens (including phenoxy) is 1. The van der Waals surface area contributed by atoms with Crippen LogP contribution in [0.25, 0.3) is 6.08 Å². The summed E-state index contributed by atoms with van der Waals surface area (Å²) in [5.41, 5.74) is 0.836. The topological polar surface area (TPSA) is 136 Å². The van der Waals surface area contributed by atoms with Crippen molar-refractivity contribution in [3.63, 3.8) is 0 Å². The fourth-order valence-electron chi connectivity index (χ4n) is 4.98. The molecule has 0 spiro atoms. The Kier molecular flexibility index (Phi) is 10.8. The molecule has 8 nitrogen and oxygen atoms in total. The molecule has 0 bridgehead atoms. The van der Waals surface area contributed by atoms with Gasteiger partial charge in [-0.2, -0.15) is 0 Å². The minimum Gasteiger partial charge on any atom is -0.747 e. The molecule has 2 aromatic carbocycles. The SMILES string of the molecule is CCOC1(C2NCc3ccccc32)C=CC(C=Cc2ccccc2)C(S(=O)(=O)[O-])(S(=O)(=O)[O-])C1.[Na+].[Na+]. The van der Waals surface area contributed by atoms with Crippen molar-refractivity contribution in [3.05, 3.63) is 89.5 Å². The van der Waals surface area contributed by atoms with Crippen molar-refractivity contribution in [1.82, 2.24) is 5.32 Å². The van der Waals surface area contributed by atoms with Crippen molar-refractivity contribution in [3.8, 4) is 0 Å². The van der Waals surface area contributed by atoms with Gasteiger partial charge in [0.05, 0.1) is 6.04 Å². The minimum absolute atomic E-state index is 0. The van der Waals surface area contributed by atoms with E-state index in [0.717, 1.165) is 11.1 Å². The van der Waals surface area contributed by atoms with Crippen molar-refractivity contribution in [2.24, 2.45) is 5.92 Å². The summed E-state index contributed by atoms with van der Waals surface area (Å²) < 4.78 is 78.7. The zero-order valence-electron chi connectivity index (χ0n) is 20.5. The van der Waals surface area contributed by atoms with E-state index in [1.54, 1.807) is 49.4 Å². The van der Waals surface area contributed by atoms with Crippen LogP contribution in [0.15, 0.2) is 72.8 Å². The first kappa shape index (κ1) is 31.9. The molecule has 0 fully saturated rings. The second kappa shape index (κ2) is 12.2. The smallest absolute Gasteiger partial charge is 0.747 e. The molecule has 1 aliphatic carbocycles. The van der Waals surface area contributed by atoms with Gasteiger partial charge in [0, 0.05) is 25.5 Å². The Labute approximate surface area is 256 Å². The van der Waals surface area contributed by atoms with Gasteiger partial charge >= 0.3 is 59.1 Å². The third-order valence-electron chi connectivity index (χ3n) is 6.52. The zero-order valence-corrected chi connectivity index (χ0v) is 26.1. The predicted octanol–water partition coefficient (Wildman–Crippen LogP) is -3.31. The van der Waals surface area contributed by atoms with Gasteiger partial charge in [-0.15, -0.1) is 0 Å². The molecular weight excluding hydrogens is 524 g/mol. The van der Waals surface area contributed by atoms with Crippen LogP contribution in [-0.2, 0) is 31.5 Å². The normalized spacial score (nSPS) is 25.1. The van der Waals surface area contributed by atoms with E-state index >= 15 is 0 Å². The number of rotatable bonds is 7. The number of benzene rings is 2. The van der Waals surface area contributed by atoms with Crippen molar-refractivity contribution < 1.29 is 89.8 Å². The molecular formula is C24H25NNa2O7S2. The molecule has 1 heterocycles. The summed E-state index contributed by atoms with van der Waals surface area (Å²) in [6, 6.07) is 15.5. The molecule has 1 N–H and O–H groups in total. The zero-order chi connectivity index (χ0) is 24.6. The summed E-state index contributed by atoms with van der Waals surface area (Å²) in [6.07, 6.45) is 4.83. The van der Waals surface area contributed by atoms with Crippen LogP contribution in [0.3, 0.4) is 0 Å². The van der Waals surface area contributed by atoms with E-state index < -0.39 is 48.3 Å². The van der Waals surface area contributed by atoms with E-state index in [1.165, 1.54) is 18.2 Å². The molecule has 3 unspecified atom stereocenters. The Bertz CT molecular complexity index is 1300. The largest absolute Gasteiger partial charge is 1.00 e. The predicted molar refractivity (Wildman–Crippen MR) is 125 cm³/mol. The molecule has 4 rings (SSSR count). The standard InChI is InChI=1S/C24H27NO7S2.2Na/c1-2-32-23(22-21-11-7-6-10-19(21)16-25-22)15-14-20(13-12-18-8-4-3-5-9-18)24(17-23,33(26,27)28)34(29,30)31;;/h3-15,20,22,25H,2,16-17H2,1H3,(H,26,27,28)(H,29,30,31);;/q;2*+1/p-2. The van der Waals surface area contributed by atoms with E-state index in [1.807, 2.05) is 18.2 Å². The van der Waals surface area contributed by atoms with E-state index in [2.05, 4.69) is 5.32 Å². The average molecular weight is 550 g/mol. The van der Waals surface area contributed by atoms with Crippen molar-refractivity contribution in [2.75, 3.05) is 6.61 Å². The number of hydrogen-bond donors (Lipinski definition) is 1. The van der Waals surface area contributed by atoms with E-state index in [9.17, 15) is 25.9 Å². The first-order chi connectivity index (χ1) is 16.0. The minimum atomic E-state index is -5.66. The molecule has 3 atom stereocenters. The molecule has 0 amide bonds. The summed E-state index contributed by atoms with van der Waals surface area (Å²) in [6.45, 7) is 2.22. The van der Waals surface area contributed by atoms with Crippen molar-refractivity contribution in [1.29, 1.82) is 0 Å². The van der Waals surface area contributed by atoms with E-state index in [4.69, 9.17) is 4.74 Å². The second-order valence-corrected chi connectivity index (χ2v) is 12.0. The van der Waals surface area contributed by atoms with Crippen LogP contribution in [0.2, 0.25) is 0 Å². The first-order valence-corrected chi connectivity index (χ1v) is 13.6. The maximum atomic E-state index is 12.7. The van der Waals surface area contributed by atoms with Gasteiger partial charge in [0.1, 0.15) is 25.8 Å². The number of fused-ring (bicyclic) bond motifs is 1. The third-order valence-corrected chi connectivity index (χ3v) is 10.3. The Morgan fingerprint density at radius 2 is 1.61 bits per heavy atom. The molecule has 36 heavy (non-hydrogen) atoms. The Hall–Kier alpha value is -0.340. The molecule has 1 aliphatic heterocycles. The number of nitrogens with one attached hydrogen (secondary N) is 1. The Balaban J connectivity index is 0.00000228. The van der Waals surface area contributed by atoms with Gasteiger partial charge in [-0.25, -0.2) is 16.8 Å². The molecule has 2 aromatic rings. The monoisotopic (exact) mass is 549 g/mol. The maximum Gasteiger partial charge on any atom is 1.00 e. The van der Waals surface area contributed by atoms with Crippen molar-refractivity contribution in [2.45, 2.75) is 35.6 Å². The summed E-state index contributed by atoms with van der Waals surface area (Å²) in [5.74, 6) is -1.50. The summed E-state index contributed by atoms with van der Waals surface area (Å²) in [7, 11) is -11.3. The van der Waals surface area contributed by atoms with Crippen molar-refractivity contribution >= 4 is 26.3 Å². The summed E-state index contributed by atoms with van der Waals surface area (Å²) in [4.78, 5) is 0. The van der Waals surface area contributed by atoms with Gasteiger partial charge < -0.3 is 19.2 Å². The molecule has 0 radical (unpaired) electrons. The first-order valence-electron chi connectivity index (χ1n) is 10.8. The van der Waals surface area contributed by atoms with Crippen LogP contribution in [0.1, 0.15) is 36.1 Å². The van der Waals surface area contributed by atoms with E-state index in [-0.39, 0.29) is 65.7 Å². The fourth-order valence-corrected chi connectivity index (χ4v) is 7.77. The molecule has 0 saturated heterocycles. The summed E-state index contributed by atoms with van der Waals surface area (Å²) in [5, 5.41) is 3.24. The van der Waals surface area contributed by atoms with Crippen LogP contribution >= 0.6 is 0 Å². The Morgan fingerprint density at radius 3 is 2.22 bits per heavy atom. The molecule has 2 aliphatic rings. The van der Waals surface area contributed by atoms with E-state index in [0.29, 0.717) is 12.1 Å². The quantitative estimate of drug-likeness (QED) is 0.216. The van der Waals surface area contributed by atoms with Gasteiger partial charge in [-0.05, 0) is 23.6 Å².